The summed E-state index contributed by atoms with van der Waals surface area (Å²) in [6.45, 7) is 0.261. The molecule has 20 heavy (non-hydrogen) atoms. The first kappa shape index (κ1) is 15.7. The van der Waals surface area contributed by atoms with E-state index in [1.54, 1.807) is 0 Å². The maximum atomic E-state index is 13.7. The molecule has 1 amide bonds. The lowest BCUT2D eigenvalue weighted by atomic mass is 10.1. The van der Waals surface area contributed by atoms with Gasteiger partial charge in [0.15, 0.2) is 0 Å². The van der Waals surface area contributed by atoms with Gasteiger partial charge in [-0.1, -0.05) is 11.8 Å². The summed E-state index contributed by atoms with van der Waals surface area (Å²) in [6, 6.07) is 4.03. The van der Waals surface area contributed by atoms with E-state index in [0.29, 0.717) is 5.56 Å². The third-order valence-electron chi connectivity index (χ3n) is 2.39. The quantitative estimate of drug-likeness (QED) is 0.618. The highest BCUT2D eigenvalue weighted by molar-refractivity contribution is 5.94. The van der Waals surface area contributed by atoms with Crippen LogP contribution >= 0.6 is 0 Å². The summed E-state index contributed by atoms with van der Waals surface area (Å²) in [6.07, 6.45) is 0.0317. The Labute approximate surface area is 116 Å². The van der Waals surface area contributed by atoms with Crippen LogP contribution in [0.5, 0.6) is 0 Å². The highest BCUT2D eigenvalue weighted by Gasteiger charge is 2.12. The second-order valence-electron chi connectivity index (χ2n) is 3.78. The fraction of sp³-hybridized carbons (Fsp3) is 0.286. The Hall–Kier alpha value is -2.39. The van der Waals surface area contributed by atoms with Crippen LogP contribution in [-0.2, 0) is 9.53 Å². The number of methoxy groups -OCH3 is 1. The lowest BCUT2D eigenvalue weighted by molar-refractivity contribution is -0.140. The predicted octanol–water partition coefficient (Wildman–Crippen LogP) is 0.429. The molecule has 0 saturated heterocycles. The van der Waals surface area contributed by atoms with Crippen molar-refractivity contribution in [3.8, 4) is 11.8 Å². The van der Waals surface area contributed by atoms with Gasteiger partial charge in [0.2, 0.25) is 0 Å². The molecule has 1 rings (SSSR count). The number of rotatable bonds is 4. The highest BCUT2D eigenvalue weighted by Crippen LogP contribution is 2.09. The van der Waals surface area contributed by atoms with Gasteiger partial charge in [0.05, 0.1) is 25.6 Å². The molecule has 0 spiro atoms. The maximum absolute atomic E-state index is 13.7. The zero-order valence-electron chi connectivity index (χ0n) is 11.0. The van der Waals surface area contributed by atoms with Crippen LogP contribution in [0.4, 0.5) is 4.39 Å². The molecule has 1 aromatic carbocycles. The van der Waals surface area contributed by atoms with E-state index in [1.165, 1.54) is 19.2 Å². The molecule has 0 aliphatic carbocycles. The molecular weight excluding hydrogens is 263 g/mol. The van der Waals surface area contributed by atoms with Crippen molar-refractivity contribution >= 4 is 11.9 Å². The molecule has 0 aromatic heterocycles. The molecule has 6 heteroatoms. The van der Waals surface area contributed by atoms with E-state index in [1.807, 2.05) is 0 Å². The molecule has 0 fully saturated rings. The minimum Gasteiger partial charge on any atom is -0.469 e. The highest BCUT2D eigenvalue weighted by atomic mass is 19.1. The predicted molar refractivity (Wildman–Crippen MR) is 71.3 cm³/mol. The summed E-state index contributed by atoms with van der Waals surface area (Å²) >= 11 is 0. The molecule has 3 N–H and O–H groups in total. The monoisotopic (exact) mass is 278 g/mol. The fourth-order valence-corrected chi connectivity index (χ4v) is 1.41. The van der Waals surface area contributed by atoms with Crippen LogP contribution < -0.4 is 11.1 Å². The van der Waals surface area contributed by atoms with E-state index in [4.69, 9.17) is 5.73 Å². The van der Waals surface area contributed by atoms with Gasteiger partial charge >= 0.3 is 5.97 Å². The molecule has 0 atom stereocenters. The number of esters is 1. The van der Waals surface area contributed by atoms with Gasteiger partial charge in [0, 0.05) is 12.1 Å². The molecule has 106 valence electrons. The van der Waals surface area contributed by atoms with Crippen molar-refractivity contribution in [1.29, 1.82) is 0 Å². The van der Waals surface area contributed by atoms with Crippen LogP contribution in [-0.4, -0.2) is 32.1 Å². The van der Waals surface area contributed by atoms with Crippen LogP contribution in [0, 0.1) is 17.7 Å². The lowest BCUT2D eigenvalue weighted by Gasteiger charge is -2.05. The first-order chi connectivity index (χ1) is 9.58. The molecule has 1 aromatic rings. The van der Waals surface area contributed by atoms with Gasteiger partial charge in [0.25, 0.3) is 5.91 Å². The standard InChI is InChI=1S/C14H15FN2O3/c1-20-13(18)6-8-17-14(19)11-5-4-10(3-2-7-16)9-12(11)15/h4-5,9H,6-8,16H2,1H3,(H,17,19). The molecule has 5 nitrogen and oxygen atoms in total. The number of amides is 1. The fourth-order valence-electron chi connectivity index (χ4n) is 1.41. The smallest absolute Gasteiger partial charge is 0.307 e. The van der Waals surface area contributed by atoms with Gasteiger partial charge in [-0.25, -0.2) is 4.39 Å². The number of halogens is 1. The minimum absolute atomic E-state index is 0.0317. The van der Waals surface area contributed by atoms with Crippen LogP contribution in [0.25, 0.3) is 0 Å². The average molecular weight is 278 g/mol. The minimum atomic E-state index is -0.676. The van der Waals surface area contributed by atoms with Crippen molar-refractivity contribution < 1.29 is 18.7 Å². The third kappa shape index (κ3) is 4.71. The largest absolute Gasteiger partial charge is 0.469 e. The van der Waals surface area contributed by atoms with Crippen LogP contribution in [0.15, 0.2) is 18.2 Å². The van der Waals surface area contributed by atoms with Crippen LogP contribution in [0.1, 0.15) is 22.3 Å². The number of benzene rings is 1. The summed E-state index contributed by atoms with van der Waals surface area (Å²) in [5, 5.41) is 2.43. The van der Waals surface area contributed by atoms with Gasteiger partial charge in [-0.2, -0.15) is 0 Å². The summed E-state index contributed by atoms with van der Waals surface area (Å²) in [4.78, 5) is 22.6. The second-order valence-corrected chi connectivity index (χ2v) is 3.78. The van der Waals surface area contributed by atoms with Crippen molar-refractivity contribution in [2.45, 2.75) is 6.42 Å². The lowest BCUT2D eigenvalue weighted by Crippen LogP contribution is -2.27. The summed E-state index contributed by atoms with van der Waals surface area (Å²) in [5.74, 6) is 3.55. The van der Waals surface area contributed by atoms with Crippen molar-refractivity contribution in [2.75, 3.05) is 20.2 Å². The molecule has 0 aliphatic heterocycles. The van der Waals surface area contributed by atoms with E-state index in [9.17, 15) is 14.0 Å². The number of hydrogen-bond acceptors (Lipinski definition) is 4. The Kier molecular flexibility index (Phi) is 6.20. The van der Waals surface area contributed by atoms with Gasteiger partial charge in [-0.15, -0.1) is 0 Å². The van der Waals surface area contributed by atoms with Crippen LogP contribution in [0.2, 0.25) is 0 Å². The first-order valence-corrected chi connectivity index (χ1v) is 5.92. The van der Waals surface area contributed by atoms with Gasteiger partial charge in [-0.3, -0.25) is 9.59 Å². The molecule has 0 saturated carbocycles. The molecule has 0 aliphatic rings. The van der Waals surface area contributed by atoms with Crippen molar-refractivity contribution in [3.05, 3.63) is 35.1 Å². The number of hydrogen-bond donors (Lipinski definition) is 2. The first-order valence-electron chi connectivity index (χ1n) is 5.92. The van der Waals surface area contributed by atoms with E-state index in [0.717, 1.165) is 6.07 Å². The molecule has 0 unspecified atom stereocenters. The number of nitrogens with one attached hydrogen (secondary N) is 1. The van der Waals surface area contributed by atoms with Crippen molar-refractivity contribution in [2.24, 2.45) is 5.73 Å². The number of carbonyl (C=O) groups excluding carboxylic acids is 2. The van der Waals surface area contributed by atoms with E-state index >= 15 is 0 Å². The van der Waals surface area contributed by atoms with Crippen molar-refractivity contribution in [3.63, 3.8) is 0 Å². The number of nitrogens with two attached hydrogens (primary N) is 1. The Morgan fingerprint density at radius 3 is 2.80 bits per heavy atom. The Balaban J connectivity index is 2.67. The van der Waals surface area contributed by atoms with E-state index < -0.39 is 17.7 Å². The van der Waals surface area contributed by atoms with E-state index in [-0.39, 0.29) is 25.1 Å². The second kappa shape index (κ2) is 7.92. The maximum Gasteiger partial charge on any atom is 0.307 e. The van der Waals surface area contributed by atoms with Crippen molar-refractivity contribution in [1.82, 2.24) is 5.32 Å². The normalized spacial score (nSPS) is 9.35. The number of ether oxygens (including phenoxy) is 1. The van der Waals surface area contributed by atoms with Crippen LogP contribution in [0.3, 0.4) is 0 Å². The SMILES string of the molecule is COC(=O)CCNC(=O)c1ccc(C#CCN)cc1F. The summed E-state index contributed by atoms with van der Waals surface area (Å²) in [5.41, 5.74) is 5.55. The van der Waals surface area contributed by atoms with Gasteiger partial charge < -0.3 is 15.8 Å². The summed E-state index contributed by atoms with van der Waals surface area (Å²) < 4.78 is 18.2. The Morgan fingerprint density at radius 1 is 1.45 bits per heavy atom. The molecule has 0 heterocycles. The molecular formula is C14H15FN2O3. The Bertz CT molecular complexity index is 561. The van der Waals surface area contributed by atoms with Gasteiger partial charge in [0.1, 0.15) is 5.82 Å². The summed E-state index contributed by atoms with van der Waals surface area (Å²) in [7, 11) is 1.25. The zero-order chi connectivity index (χ0) is 15.0. The van der Waals surface area contributed by atoms with E-state index in [2.05, 4.69) is 21.9 Å². The average Bonchev–Trinajstić information content (AvgIpc) is 2.44. The zero-order valence-corrected chi connectivity index (χ0v) is 11.0. The topological polar surface area (TPSA) is 81.4 Å². The Morgan fingerprint density at radius 2 is 2.20 bits per heavy atom. The van der Waals surface area contributed by atoms with Gasteiger partial charge in [-0.05, 0) is 18.2 Å². The molecule has 0 radical (unpaired) electrons. The molecule has 0 bridgehead atoms. The third-order valence-corrected chi connectivity index (χ3v) is 2.39. The number of carbonyl (C=O) groups is 2.